The topological polar surface area (TPSA) is 86.9 Å². The molecule has 232 valence electrons. The number of benzene rings is 2. The maximum absolute atomic E-state index is 14.7. The second kappa shape index (κ2) is 11.3. The number of carbonyl (C=O) groups excluding carboxylic acids is 1. The summed E-state index contributed by atoms with van der Waals surface area (Å²) in [5.74, 6) is 0.161. The number of ether oxygens (including phenoxy) is 3. The molecular formula is C31H29F4N3O5S. The van der Waals surface area contributed by atoms with Crippen molar-refractivity contribution in [2.45, 2.75) is 57.1 Å². The van der Waals surface area contributed by atoms with Crippen LogP contribution in [0.2, 0.25) is 0 Å². The summed E-state index contributed by atoms with van der Waals surface area (Å²) in [4.78, 5) is 18.7. The number of fused-ring (bicyclic) bond motifs is 2. The van der Waals surface area contributed by atoms with Gasteiger partial charge in [0, 0.05) is 30.1 Å². The van der Waals surface area contributed by atoms with Crippen LogP contribution in [0, 0.1) is 17.7 Å². The van der Waals surface area contributed by atoms with Crippen molar-refractivity contribution in [2.75, 3.05) is 25.1 Å². The first-order valence-corrected chi connectivity index (χ1v) is 15.4. The predicted octanol–water partition coefficient (Wildman–Crippen LogP) is 7.47. The van der Waals surface area contributed by atoms with Crippen molar-refractivity contribution >= 4 is 32.7 Å². The quantitative estimate of drug-likeness (QED) is 0.146. The van der Waals surface area contributed by atoms with Crippen molar-refractivity contribution in [3.8, 4) is 17.0 Å². The molecule has 44 heavy (non-hydrogen) atoms. The second-order valence-electron chi connectivity index (χ2n) is 11.7. The number of aromatic nitrogens is 2. The third-order valence-corrected chi connectivity index (χ3v) is 9.79. The molecule has 2 aromatic heterocycles. The van der Waals surface area contributed by atoms with Crippen LogP contribution in [0.5, 0.6) is 5.75 Å². The molecule has 3 heterocycles. The van der Waals surface area contributed by atoms with Gasteiger partial charge < -0.3 is 23.6 Å². The van der Waals surface area contributed by atoms with Gasteiger partial charge in [0.15, 0.2) is 10.9 Å². The minimum absolute atomic E-state index is 0.0388. The van der Waals surface area contributed by atoms with Crippen molar-refractivity contribution in [1.29, 1.82) is 0 Å². The Balaban J connectivity index is 1.05. The molecule has 0 amide bonds. The van der Waals surface area contributed by atoms with Gasteiger partial charge >= 0.3 is 12.3 Å². The number of thiazole rings is 1. The van der Waals surface area contributed by atoms with Gasteiger partial charge in [-0.1, -0.05) is 28.6 Å². The number of nitrogens with zero attached hydrogens (tertiary/aromatic N) is 3. The molecule has 3 fully saturated rings. The van der Waals surface area contributed by atoms with E-state index >= 15 is 0 Å². The van der Waals surface area contributed by atoms with E-state index < -0.39 is 18.1 Å². The average molecular weight is 632 g/mol. The molecule has 8 nitrogen and oxygen atoms in total. The van der Waals surface area contributed by atoms with E-state index in [4.69, 9.17) is 14.0 Å². The molecule has 1 aliphatic heterocycles. The van der Waals surface area contributed by atoms with Crippen molar-refractivity contribution in [2.24, 2.45) is 11.8 Å². The zero-order valence-corrected chi connectivity index (χ0v) is 24.5. The SMILES string of the molecule is COC(=O)c1cc(F)c2nc(N3CC4CC[C@H](OCc5c(-c6ccccc6OC(F)(F)F)noc5C5CC5)C[C@H]4C3)sc2c1. The normalized spacial score (nSPS) is 21.9. The van der Waals surface area contributed by atoms with E-state index in [0.29, 0.717) is 33.6 Å². The van der Waals surface area contributed by atoms with Gasteiger partial charge in [-0.05, 0) is 68.2 Å². The van der Waals surface area contributed by atoms with Gasteiger partial charge in [-0.15, -0.1) is 13.2 Å². The number of alkyl halides is 3. The predicted molar refractivity (Wildman–Crippen MR) is 153 cm³/mol. The molecule has 0 bridgehead atoms. The zero-order valence-electron chi connectivity index (χ0n) is 23.7. The Hall–Kier alpha value is -3.71. The molecular weight excluding hydrogens is 602 g/mol. The highest BCUT2D eigenvalue weighted by Gasteiger charge is 2.40. The highest BCUT2D eigenvalue weighted by Crippen LogP contribution is 2.47. The molecule has 2 aliphatic carbocycles. The minimum Gasteiger partial charge on any atom is -0.465 e. The summed E-state index contributed by atoms with van der Waals surface area (Å²) in [7, 11) is 1.26. The Morgan fingerprint density at radius 2 is 1.91 bits per heavy atom. The molecule has 3 atom stereocenters. The first-order valence-electron chi connectivity index (χ1n) is 14.6. The van der Waals surface area contributed by atoms with Crippen LogP contribution in [0.4, 0.5) is 22.7 Å². The molecule has 3 aliphatic rings. The molecule has 4 aromatic rings. The van der Waals surface area contributed by atoms with Gasteiger partial charge in [-0.2, -0.15) is 0 Å². The molecule has 0 spiro atoms. The van der Waals surface area contributed by atoms with Gasteiger partial charge in [0.25, 0.3) is 0 Å². The Morgan fingerprint density at radius 3 is 2.68 bits per heavy atom. The van der Waals surface area contributed by atoms with E-state index in [-0.39, 0.29) is 41.0 Å². The van der Waals surface area contributed by atoms with Crippen LogP contribution in [0.1, 0.15) is 59.7 Å². The lowest BCUT2D eigenvalue weighted by atomic mass is 9.80. The molecule has 13 heteroatoms. The van der Waals surface area contributed by atoms with E-state index in [1.807, 2.05) is 0 Å². The summed E-state index contributed by atoms with van der Waals surface area (Å²) in [6, 6.07) is 8.70. The summed E-state index contributed by atoms with van der Waals surface area (Å²) >= 11 is 1.36. The highest BCUT2D eigenvalue weighted by molar-refractivity contribution is 7.22. The van der Waals surface area contributed by atoms with Crippen LogP contribution in [0.25, 0.3) is 21.5 Å². The third kappa shape index (κ3) is 5.74. The number of halogens is 4. The van der Waals surface area contributed by atoms with Crippen molar-refractivity contribution in [1.82, 2.24) is 10.1 Å². The molecule has 0 radical (unpaired) electrons. The lowest BCUT2D eigenvalue weighted by Crippen LogP contribution is -2.28. The highest BCUT2D eigenvalue weighted by atomic mass is 32.1. The standard InChI is InChI=1S/C31H29F4N3O5S/c1-40-29(39)18-11-23(32)27-25(12-18)44-30(36-27)38-13-17-8-9-20(10-19(17)14-38)41-15-22-26(37-43-28(22)16-6-7-16)21-4-2-3-5-24(21)42-31(33,34)35/h2-5,11-12,16-17,19-20H,6-10,13-15H2,1H3/t17?,19-,20-/m0/s1. The van der Waals surface area contributed by atoms with Crippen molar-refractivity contribution < 1.29 is 41.1 Å². The van der Waals surface area contributed by atoms with Crippen molar-refractivity contribution in [3.05, 3.63) is 59.1 Å². The fraction of sp³-hybridized carbons (Fsp3) is 0.452. The van der Waals surface area contributed by atoms with Gasteiger partial charge in [-0.25, -0.2) is 14.2 Å². The Labute approximate surface area is 253 Å². The fourth-order valence-electron chi connectivity index (χ4n) is 6.46. The van der Waals surface area contributed by atoms with E-state index in [0.717, 1.165) is 56.4 Å². The van der Waals surface area contributed by atoms with E-state index in [1.54, 1.807) is 18.2 Å². The maximum Gasteiger partial charge on any atom is 0.573 e. The number of anilines is 1. The minimum atomic E-state index is -4.84. The van der Waals surface area contributed by atoms with Gasteiger partial charge in [-0.3, -0.25) is 0 Å². The number of methoxy groups -OCH3 is 1. The van der Waals surface area contributed by atoms with E-state index in [1.165, 1.54) is 30.6 Å². The largest absolute Gasteiger partial charge is 0.573 e. The lowest BCUT2D eigenvalue weighted by molar-refractivity contribution is -0.274. The van der Waals surface area contributed by atoms with E-state index in [9.17, 15) is 22.4 Å². The summed E-state index contributed by atoms with van der Waals surface area (Å²) < 4.78 is 75.8. The fourth-order valence-corrected chi connectivity index (χ4v) is 7.50. The van der Waals surface area contributed by atoms with Crippen LogP contribution < -0.4 is 9.64 Å². The molecule has 1 saturated heterocycles. The smallest absolute Gasteiger partial charge is 0.465 e. The van der Waals surface area contributed by atoms with Gasteiger partial charge in [0.2, 0.25) is 0 Å². The molecule has 7 rings (SSSR count). The zero-order chi connectivity index (χ0) is 30.6. The first-order chi connectivity index (χ1) is 21.2. The number of para-hydroxylation sites is 1. The average Bonchev–Trinajstić information content (AvgIpc) is 3.40. The number of hydrogen-bond acceptors (Lipinski definition) is 9. The Kier molecular flexibility index (Phi) is 7.48. The summed E-state index contributed by atoms with van der Waals surface area (Å²) in [6.07, 6.45) is -0.390. The molecule has 1 unspecified atom stereocenters. The van der Waals surface area contributed by atoms with Gasteiger partial charge in [0.1, 0.15) is 22.7 Å². The van der Waals surface area contributed by atoms with Crippen LogP contribution in [0.3, 0.4) is 0 Å². The van der Waals surface area contributed by atoms with Gasteiger partial charge in [0.05, 0.1) is 30.1 Å². The van der Waals surface area contributed by atoms with Crippen LogP contribution in [0.15, 0.2) is 40.9 Å². The maximum atomic E-state index is 14.7. The Bertz CT molecular complexity index is 1700. The summed E-state index contributed by atoms with van der Waals surface area (Å²) in [5, 5.41) is 4.89. The second-order valence-corrected chi connectivity index (χ2v) is 12.7. The van der Waals surface area contributed by atoms with Crippen molar-refractivity contribution in [3.63, 3.8) is 0 Å². The summed E-state index contributed by atoms with van der Waals surface area (Å²) in [5.41, 5.74) is 1.58. The van der Waals surface area contributed by atoms with Crippen LogP contribution >= 0.6 is 11.3 Å². The Morgan fingerprint density at radius 1 is 1.11 bits per heavy atom. The molecule has 2 saturated carbocycles. The molecule has 2 aromatic carbocycles. The number of carbonyl (C=O) groups is 1. The van der Waals surface area contributed by atoms with Crippen LogP contribution in [-0.4, -0.2) is 48.8 Å². The number of hydrogen-bond donors (Lipinski definition) is 0. The molecule has 0 N–H and O–H groups in total. The third-order valence-electron chi connectivity index (χ3n) is 8.73. The first kappa shape index (κ1) is 29.0. The number of rotatable bonds is 8. The van der Waals surface area contributed by atoms with Crippen LogP contribution in [-0.2, 0) is 16.1 Å². The monoisotopic (exact) mass is 631 g/mol. The lowest BCUT2D eigenvalue weighted by Gasteiger charge is -2.30. The van der Waals surface area contributed by atoms with E-state index in [2.05, 4.69) is 19.8 Å². The summed E-state index contributed by atoms with van der Waals surface area (Å²) in [6.45, 7) is 1.74. The number of esters is 1.